The van der Waals surface area contributed by atoms with Crippen LogP contribution in [-0.2, 0) is 7.05 Å². The number of aryl methyl sites for hydroxylation is 3. The summed E-state index contributed by atoms with van der Waals surface area (Å²) < 4.78 is 1.71. The van der Waals surface area contributed by atoms with Crippen LogP contribution in [-0.4, -0.2) is 26.0 Å². The molecule has 0 spiro atoms. The van der Waals surface area contributed by atoms with Crippen LogP contribution in [0.1, 0.15) is 21.6 Å². The third-order valence-electron chi connectivity index (χ3n) is 3.39. The number of aromatic nitrogens is 4. The van der Waals surface area contributed by atoms with Gasteiger partial charge in [0.05, 0.1) is 11.9 Å². The van der Waals surface area contributed by atoms with Crippen molar-refractivity contribution in [2.45, 2.75) is 13.8 Å². The zero-order valence-electron chi connectivity index (χ0n) is 11.6. The van der Waals surface area contributed by atoms with Gasteiger partial charge in [0.25, 0.3) is 0 Å². The van der Waals surface area contributed by atoms with E-state index < -0.39 is 0 Å². The van der Waals surface area contributed by atoms with Gasteiger partial charge in [-0.15, -0.1) is 0 Å². The smallest absolute Gasteiger partial charge is 0.158 e. The van der Waals surface area contributed by atoms with E-state index in [1.165, 1.54) is 0 Å². The second-order valence-electron chi connectivity index (χ2n) is 4.86. The van der Waals surface area contributed by atoms with Gasteiger partial charge >= 0.3 is 0 Å². The second kappa shape index (κ2) is 4.52. The van der Waals surface area contributed by atoms with E-state index in [2.05, 4.69) is 15.1 Å². The first-order valence-electron chi connectivity index (χ1n) is 6.31. The number of carbonyl (C=O) groups excluding carboxylic acids is 1. The maximum Gasteiger partial charge on any atom is 0.158 e. The van der Waals surface area contributed by atoms with Gasteiger partial charge in [0.15, 0.2) is 11.9 Å². The molecule has 5 nitrogen and oxygen atoms in total. The topological polar surface area (TPSA) is 60.7 Å². The van der Waals surface area contributed by atoms with Crippen molar-refractivity contribution >= 4 is 17.3 Å². The molecule has 0 aromatic carbocycles. The van der Waals surface area contributed by atoms with Gasteiger partial charge in [0.2, 0.25) is 0 Å². The number of aldehydes is 1. The van der Waals surface area contributed by atoms with Crippen molar-refractivity contribution in [2.75, 3.05) is 0 Å². The highest BCUT2D eigenvalue weighted by Crippen LogP contribution is 2.31. The Morgan fingerprint density at radius 2 is 2.00 bits per heavy atom. The molecule has 100 valence electrons. The van der Waals surface area contributed by atoms with Crippen molar-refractivity contribution < 1.29 is 4.79 Å². The van der Waals surface area contributed by atoms with Gasteiger partial charge in [-0.1, -0.05) is 0 Å². The Labute approximate surface area is 116 Å². The Kier molecular flexibility index (Phi) is 2.82. The van der Waals surface area contributed by atoms with Crippen molar-refractivity contribution in [2.24, 2.45) is 7.05 Å². The van der Waals surface area contributed by atoms with E-state index in [-0.39, 0.29) is 0 Å². The summed E-state index contributed by atoms with van der Waals surface area (Å²) >= 11 is 0. The molecule has 0 saturated carbocycles. The highest BCUT2D eigenvalue weighted by atomic mass is 16.1. The maximum atomic E-state index is 11.5. The van der Waals surface area contributed by atoms with E-state index in [0.29, 0.717) is 11.3 Å². The largest absolute Gasteiger partial charge is 0.298 e. The summed E-state index contributed by atoms with van der Waals surface area (Å²) in [5.41, 5.74) is 4.88. The predicted molar refractivity (Wildman–Crippen MR) is 76.6 cm³/mol. The third kappa shape index (κ3) is 1.79. The molecule has 0 aliphatic rings. The molecule has 0 aliphatic heterocycles. The molecule has 0 radical (unpaired) electrons. The number of rotatable bonds is 2. The average Bonchev–Trinajstić information content (AvgIpc) is 2.78. The summed E-state index contributed by atoms with van der Waals surface area (Å²) in [4.78, 5) is 20.1. The van der Waals surface area contributed by atoms with Crippen LogP contribution in [0.5, 0.6) is 0 Å². The maximum absolute atomic E-state index is 11.5. The van der Waals surface area contributed by atoms with E-state index in [1.807, 2.05) is 27.0 Å². The molecule has 0 bridgehead atoms. The van der Waals surface area contributed by atoms with Crippen LogP contribution in [0.2, 0.25) is 0 Å². The lowest BCUT2D eigenvalue weighted by Crippen LogP contribution is -2.00. The normalized spacial score (nSPS) is 10.9. The number of fused-ring (bicyclic) bond motifs is 1. The monoisotopic (exact) mass is 266 g/mol. The van der Waals surface area contributed by atoms with Crippen molar-refractivity contribution in [3.63, 3.8) is 0 Å². The van der Waals surface area contributed by atoms with E-state index in [4.69, 9.17) is 0 Å². The molecule has 0 saturated heterocycles. The molecule has 0 N–H and O–H groups in total. The van der Waals surface area contributed by atoms with Crippen LogP contribution in [0.25, 0.3) is 22.2 Å². The number of nitrogens with zero attached hydrogens (tertiary/aromatic N) is 4. The fourth-order valence-electron chi connectivity index (χ4n) is 2.43. The summed E-state index contributed by atoms with van der Waals surface area (Å²) in [7, 11) is 1.84. The van der Waals surface area contributed by atoms with Crippen molar-refractivity contribution in [3.05, 3.63) is 41.5 Å². The fraction of sp³-hybridized carbons (Fsp3) is 0.200. The molecule has 0 fully saturated rings. The number of carbonyl (C=O) groups is 1. The Balaban J connectivity index is 2.46. The second-order valence-corrected chi connectivity index (χ2v) is 4.86. The van der Waals surface area contributed by atoms with Gasteiger partial charge in [-0.3, -0.25) is 14.5 Å². The molecule has 0 atom stereocenters. The average molecular weight is 266 g/mol. The van der Waals surface area contributed by atoms with Gasteiger partial charge in [-0.2, -0.15) is 5.10 Å². The molecule has 3 aromatic heterocycles. The molecule has 3 heterocycles. The number of pyridine rings is 2. The van der Waals surface area contributed by atoms with Crippen LogP contribution in [0.15, 0.2) is 24.7 Å². The standard InChI is InChI=1S/C15H14N4O/c1-9-4-11(6-16-5-9)14-12-7-17-19(3)15(12)18-10(2)13(14)8-20/h4-8H,1-3H3. The first-order chi connectivity index (χ1) is 9.61. The van der Waals surface area contributed by atoms with Crippen molar-refractivity contribution in [1.29, 1.82) is 0 Å². The first-order valence-corrected chi connectivity index (χ1v) is 6.31. The molecule has 3 aromatic rings. The lowest BCUT2D eigenvalue weighted by Gasteiger charge is -2.10. The highest BCUT2D eigenvalue weighted by molar-refractivity contribution is 6.02. The van der Waals surface area contributed by atoms with Crippen LogP contribution >= 0.6 is 0 Å². The molecule has 0 amide bonds. The van der Waals surface area contributed by atoms with E-state index in [1.54, 1.807) is 23.3 Å². The Morgan fingerprint density at radius 1 is 1.20 bits per heavy atom. The molecule has 3 rings (SSSR count). The predicted octanol–water partition coefficient (Wildman–Crippen LogP) is 2.46. The summed E-state index contributed by atoms with van der Waals surface area (Å²) in [6.45, 7) is 3.81. The molecular formula is C15H14N4O. The van der Waals surface area contributed by atoms with Crippen molar-refractivity contribution in [1.82, 2.24) is 19.7 Å². The molecule has 20 heavy (non-hydrogen) atoms. The zero-order valence-corrected chi connectivity index (χ0v) is 11.6. The van der Waals surface area contributed by atoms with Crippen LogP contribution in [0.4, 0.5) is 0 Å². The minimum Gasteiger partial charge on any atom is -0.298 e. The highest BCUT2D eigenvalue weighted by Gasteiger charge is 2.16. The lowest BCUT2D eigenvalue weighted by atomic mass is 9.97. The minimum absolute atomic E-state index is 0.595. The summed E-state index contributed by atoms with van der Waals surface area (Å²) in [5, 5.41) is 5.11. The number of hydrogen-bond donors (Lipinski definition) is 0. The summed E-state index contributed by atoms with van der Waals surface area (Å²) in [6, 6.07) is 2.02. The van der Waals surface area contributed by atoms with Gasteiger partial charge < -0.3 is 0 Å². The SMILES string of the molecule is Cc1cncc(-c2c(C=O)c(C)nc3c2cnn3C)c1. The van der Waals surface area contributed by atoms with Crippen molar-refractivity contribution in [3.8, 4) is 11.1 Å². The Morgan fingerprint density at radius 3 is 2.70 bits per heavy atom. The van der Waals surface area contributed by atoms with Crippen LogP contribution in [0, 0.1) is 13.8 Å². The van der Waals surface area contributed by atoms with Crippen LogP contribution in [0.3, 0.4) is 0 Å². The van der Waals surface area contributed by atoms with Crippen LogP contribution < -0.4 is 0 Å². The third-order valence-corrected chi connectivity index (χ3v) is 3.39. The fourth-order valence-corrected chi connectivity index (χ4v) is 2.43. The van der Waals surface area contributed by atoms with E-state index in [9.17, 15) is 4.79 Å². The van der Waals surface area contributed by atoms with Gasteiger partial charge in [-0.05, 0) is 25.5 Å². The molecule has 5 heteroatoms. The van der Waals surface area contributed by atoms with E-state index in [0.717, 1.165) is 34.0 Å². The Hall–Kier alpha value is -2.56. The quantitative estimate of drug-likeness (QED) is 0.668. The Bertz CT molecular complexity index is 820. The number of hydrogen-bond acceptors (Lipinski definition) is 4. The first kappa shape index (κ1) is 12.5. The van der Waals surface area contributed by atoms with Gasteiger partial charge in [-0.25, -0.2) is 4.98 Å². The minimum atomic E-state index is 0.595. The summed E-state index contributed by atoms with van der Waals surface area (Å²) in [6.07, 6.45) is 6.15. The lowest BCUT2D eigenvalue weighted by molar-refractivity contribution is 0.112. The summed E-state index contributed by atoms with van der Waals surface area (Å²) in [5.74, 6) is 0. The van der Waals surface area contributed by atoms with Gasteiger partial charge in [0.1, 0.15) is 0 Å². The zero-order chi connectivity index (χ0) is 14.3. The van der Waals surface area contributed by atoms with Gasteiger partial charge in [0, 0.05) is 41.5 Å². The molecule has 0 aliphatic carbocycles. The van der Waals surface area contributed by atoms with E-state index >= 15 is 0 Å². The molecule has 0 unspecified atom stereocenters. The molecular weight excluding hydrogens is 252 g/mol.